The lowest BCUT2D eigenvalue weighted by atomic mass is 10.2. The van der Waals surface area contributed by atoms with Crippen molar-refractivity contribution in [2.75, 3.05) is 22.5 Å². The Labute approximate surface area is 172 Å². The number of furan rings is 1. The van der Waals surface area contributed by atoms with Gasteiger partial charge >= 0.3 is 0 Å². The summed E-state index contributed by atoms with van der Waals surface area (Å²) in [4.78, 5) is 26.4. The van der Waals surface area contributed by atoms with Gasteiger partial charge in [-0.3, -0.25) is 14.2 Å². The van der Waals surface area contributed by atoms with Gasteiger partial charge < -0.3 is 14.6 Å². The molecule has 8 nitrogen and oxygen atoms in total. The number of nitrogens with one attached hydrogen (secondary N) is 1. The predicted molar refractivity (Wildman–Crippen MR) is 111 cm³/mol. The van der Waals surface area contributed by atoms with Gasteiger partial charge in [0, 0.05) is 19.5 Å². The number of rotatable bonds is 7. The van der Waals surface area contributed by atoms with E-state index in [4.69, 9.17) is 4.42 Å². The molecule has 1 aliphatic heterocycles. The molecule has 1 saturated heterocycles. The van der Waals surface area contributed by atoms with Crippen LogP contribution in [-0.4, -0.2) is 38.9 Å². The Morgan fingerprint density at radius 1 is 1.24 bits per heavy atom. The second-order valence-electron chi connectivity index (χ2n) is 6.53. The topological polar surface area (TPSA) is 93.3 Å². The highest BCUT2D eigenvalue weighted by Crippen LogP contribution is 2.30. The maximum Gasteiger partial charge on any atom is 0.234 e. The Morgan fingerprint density at radius 3 is 2.83 bits per heavy atom. The first-order chi connectivity index (χ1) is 14.2. The Kier molecular flexibility index (Phi) is 5.66. The summed E-state index contributed by atoms with van der Waals surface area (Å²) in [5.41, 5.74) is 1.38. The zero-order valence-corrected chi connectivity index (χ0v) is 16.8. The van der Waals surface area contributed by atoms with Gasteiger partial charge in [-0.15, -0.1) is 10.2 Å². The fraction of sp³-hybridized carbons (Fsp3) is 0.300. The third kappa shape index (κ3) is 4.04. The molecule has 0 bridgehead atoms. The summed E-state index contributed by atoms with van der Waals surface area (Å²) in [5, 5.41) is 12.0. The van der Waals surface area contributed by atoms with Crippen LogP contribution in [0.1, 0.15) is 19.8 Å². The molecule has 2 amide bonds. The van der Waals surface area contributed by atoms with Gasteiger partial charge in [-0.2, -0.15) is 0 Å². The predicted octanol–water partition coefficient (Wildman–Crippen LogP) is 3.42. The highest BCUT2D eigenvalue weighted by Gasteiger charge is 2.24. The number of amides is 2. The molecule has 0 spiro atoms. The van der Waals surface area contributed by atoms with Crippen molar-refractivity contribution < 1.29 is 14.0 Å². The number of anilines is 2. The second kappa shape index (κ2) is 8.52. The van der Waals surface area contributed by atoms with Gasteiger partial charge in [0.1, 0.15) is 0 Å². The SMILES string of the molecule is CCn1c(SCC(=O)Nc2ccccc2N2CCCC2=O)nnc1-c1ccco1. The quantitative estimate of drug-likeness (QED) is 0.599. The Hall–Kier alpha value is -3.07. The number of benzene rings is 1. The van der Waals surface area contributed by atoms with Crippen molar-refractivity contribution >= 4 is 35.0 Å². The summed E-state index contributed by atoms with van der Waals surface area (Å²) in [5.74, 6) is 1.37. The molecular formula is C20H21N5O3S. The number of para-hydroxylation sites is 2. The number of aromatic nitrogens is 3. The van der Waals surface area contributed by atoms with Crippen LogP contribution in [0.15, 0.2) is 52.2 Å². The molecule has 0 radical (unpaired) electrons. The highest BCUT2D eigenvalue weighted by atomic mass is 32.2. The minimum absolute atomic E-state index is 0.0857. The number of nitrogens with zero attached hydrogens (tertiary/aromatic N) is 4. The molecule has 4 rings (SSSR count). The third-order valence-corrected chi connectivity index (χ3v) is 5.62. The lowest BCUT2D eigenvalue weighted by Crippen LogP contribution is -2.26. The summed E-state index contributed by atoms with van der Waals surface area (Å²) in [6, 6.07) is 11.0. The minimum Gasteiger partial charge on any atom is -0.461 e. The molecule has 3 aromatic rings. The molecule has 150 valence electrons. The summed E-state index contributed by atoms with van der Waals surface area (Å²) < 4.78 is 7.32. The van der Waals surface area contributed by atoms with E-state index < -0.39 is 0 Å². The van der Waals surface area contributed by atoms with Gasteiger partial charge in [0.25, 0.3) is 0 Å². The minimum atomic E-state index is -0.167. The summed E-state index contributed by atoms with van der Waals surface area (Å²) in [7, 11) is 0. The van der Waals surface area contributed by atoms with Crippen molar-refractivity contribution in [2.45, 2.75) is 31.5 Å². The molecular weight excluding hydrogens is 390 g/mol. The van der Waals surface area contributed by atoms with Gasteiger partial charge in [0.05, 0.1) is 23.4 Å². The van der Waals surface area contributed by atoms with Crippen LogP contribution in [-0.2, 0) is 16.1 Å². The molecule has 1 fully saturated rings. The average Bonchev–Trinajstić information content (AvgIpc) is 3.47. The van der Waals surface area contributed by atoms with Crippen LogP contribution in [0.4, 0.5) is 11.4 Å². The Morgan fingerprint density at radius 2 is 2.10 bits per heavy atom. The van der Waals surface area contributed by atoms with E-state index in [0.29, 0.717) is 41.9 Å². The van der Waals surface area contributed by atoms with Crippen molar-refractivity contribution in [3.8, 4) is 11.6 Å². The molecule has 0 aliphatic carbocycles. The molecule has 0 atom stereocenters. The largest absolute Gasteiger partial charge is 0.461 e. The molecule has 2 aromatic heterocycles. The fourth-order valence-corrected chi connectivity index (χ4v) is 4.10. The van der Waals surface area contributed by atoms with Crippen molar-refractivity contribution in [1.82, 2.24) is 14.8 Å². The van der Waals surface area contributed by atoms with E-state index in [1.807, 2.05) is 41.8 Å². The van der Waals surface area contributed by atoms with Crippen molar-refractivity contribution in [1.29, 1.82) is 0 Å². The van der Waals surface area contributed by atoms with Crippen LogP contribution < -0.4 is 10.2 Å². The number of carbonyl (C=O) groups excluding carboxylic acids is 2. The number of hydrogen-bond donors (Lipinski definition) is 1. The highest BCUT2D eigenvalue weighted by molar-refractivity contribution is 7.99. The van der Waals surface area contributed by atoms with E-state index in [1.54, 1.807) is 17.2 Å². The van der Waals surface area contributed by atoms with Crippen molar-refractivity contribution in [2.24, 2.45) is 0 Å². The lowest BCUT2D eigenvalue weighted by Gasteiger charge is -2.19. The van der Waals surface area contributed by atoms with E-state index in [9.17, 15) is 9.59 Å². The normalized spacial score (nSPS) is 13.8. The van der Waals surface area contributed by atoms with Crippen LogP contribution in [0.25, 0.3) is 11.6 Å². The number of thioether (sulfide) groups is 1. The smallest absolute Gasteiger partial charge is 0.234 e. The first kappa shape index (κ1) is 19.3. The monoisotopic (exact) mass is 411 g/mol. The molecule has 0 saturated carbocycles. The average molecular weight is 411 g/mol. The van der Waals surface area contributed by atoms with E-state index in [0.717, 1.165) is 12.1 Å². The van der Waals surface area contributed by atoms with E-state index in [1.165, 1.54) is 11.8 Å². The van der Waals surface area contributed by atoms with Crippen molar-refractivity contribution in [3.63, 3.8) is 0 Å². The summed E-state index contributed by atoms with van der Waals surface area (Å²) >= 11 is 1.31. The molecule has 1 aromatic carbocycles. The molecule has 3 heterocycles. The van der Waals surface area contributed by atoms with E-state index in [-0.39, 0.29) is 17.6 Å². The van der Waals surface area contributed by atoms with E-state index >= 15 is 0 Å². The Balaban J connectivity index is 1.44. The molecule has 1 N–H and O–H groups in total. The van der Waals surface area contributed by atoms with Crippen molar-refractivity contribution in [3.05, 3.63) is 42.7 Å². The third-order valence-electron chi connectivity index (χ3n) is 4.65. The van der Waals surface area contributed by atoms with Crippen LogP contribution >= 0.6 is 11.8 Å². The number of hydrogen-bond acceptors (Lipinski definition) is 6. The van der Waals surface area contributed by atoms with Gasteiger partial charge in [-0.25, -0.2) is 0 Å². The van der Waals surface area contributed by atoms with Crippen LogP contribution in [0.2, 0.25) is 0 Å². The second-order valence-corrected chi connectivity index (χ2v) is 7.47. The van der Waals surface area contributed by atoms with Gasteiger partial charge in [-0.1, -0.05) is 23.9 Å². The van der Waals surface area contributed by atoms with E-state index in [2.05, 4.69) is 15.5 Å². The molecule has 9 heteroatoms. The fourth-order valence-electron chi connectivity index (χ4n) is 3.30. The zero-order chi connectivity index (χ0) is 20.2. The Bertz CT molecular complexity index is 1020. The summed E-state index contributed by atoms with van der Waals surface area (Å²) in [6.07, 6.45) is 2.97. The molecule has 1 aliphatic rings. The standard InChI is InChI=1S/C20H21N5O3S/c1-2-24-19(16-9-6-12-28-16)22-23-20(24)29-13-17(26)21-14-7-3-4-8-15(14)25-11-5-10-18(25)27/h3-4,6-9,12H,2,5,10-11,13H2,1H3,(H,21,26). The number of carbonyl (C=O) groups is 2. The maximum atomic E-state index is 12.6. The van der Waals surface area contributed by atoms with Gasteiger partial charge in [0.2, 0.25) is 11.8 Å². The molecule has 29 heavy (non-hydrogen) atoms. The van der Waals surface area contributed by atoms with Gasteiger partial charge in [0.15, 0.2) is 16.7 Å². The van der Waals surface area contributed by atoms with Gasteiger partial charge in [-0.05, 0) is 37.6 Å². The lowest BCUT2D eigenvalue weighted by molar-refractivity contribution is -0.117. The zero-order valence-electron chi connectivity index (χ0n) is 16.0. The maximum absolute atomic E-state index is 12.6. The first-order valence-corrected chi connectivity index (χ1v) is 10.4. The first-order valence-electron chi connectivity index (χ1n) is 9.46. The molecule has 0 unspecified atom stereocenters. The van der Waals surface area contributed by atoms with Crippen LogP contribution in [0.3, 0.4) is 0 Å². The summed E-state index contributed by atoms with van der Waals surface area (Å²) in [6.45, 7) is 3.33. The van der Waals surface area contributed by atoms with Crippen LogP contribution in [0, 0.1) is 0 Å². The van der Waals surface area contributed by atoms with Crippen LogP contribution in [0.5, 0.6) is 0 Å².